The summed E-state index contributed by atoms with van der Waals surface area (Å²) in [7, 11) is 0. The van der Waals surface area contributed by atoms with Crippen LogP contribution >= 0.6 is 0 Å². The quantitative estimate of drug-likeness (QED) is 0.600. The van der Waals surface area contributed by atoms with Crippen molar-refractivity contribution in [3.05, 3.63) is 89.5 Å². The summed E-state index contributed by atoms with van der Waals surface area (Å²) >= 11 is 0. The second-order valence-corrected chi connectivity index (χ2v) is 6.68. The number of hydrogen-bond donors (Lipinski definition) is 3. The van der Waals surface area contributed by atoms with Crippen LogP contribution in [0.15, 0.2) is 72.8 Å². The van der Waals surface area contributed by atoms with E-state index in [0.29, 0.717) is 13.0 Å². The molecule has 3 aromatic carbocycles. The third kappa shape index (κ3) is 4.74. The summed E-state index contributed by atoms with van der Waals surface area (Å²) in [6.45, 7) is 0.543. The van der Waals surface area contributed by atoms with E-state index in [2.05, 4.69) is 36.4 Å². The second kappa shape index (κ2) is 8.52. The first kappa shape index (κ1) is 18.7. The first-order valence-electron chi connectivity index (χ1n) is 9.03. The lowest BCUT2D eigenvalue weighted by Gasteiger charge is -2.14. The summed E-state index contributed by atoms with van der Waals surface area (Å²) in [5, 5.41) is 9.41. The topological polar surface area (TPSA) is 89.3 Å². The molecular formula is C23H24N2O2. The maximum atomic E-state index is 11.8. The number of amides is 1. The monoisotopic (exact) mass is 360 g/mol. The Hall–Kier alpha value is -3.11. The van der Waals surface area contributed by atoms with Crippen LogP contribution in [0, 0.1) is 0 Å². The van der Waals surface area contributed by atoms with E-state index < -0.39 is 0 Å². The Bertz CT molecular complexity index is 885. The smallest absolute Gasteiger partial charge is 0.224 e. The summed E-state index contributed by atoms with van der Waals surface area (Å²) in [4.78, 5) is 11.8. The van der Waals surface area contributed by atoms with Crippen molar-refractivity contribution in [1.82, 2.24) is 0 Å². The van der Waals surface area contributed by atoms with E-state index in [1.807, 2.05) is 12.1 Å². The van der Waals surface area contributed by atoms with Crippen LogP contribution < -0.4 is 11.5 Å². The van der Waals surface area contributed by atoms with Crippen molar-refractivity contribution in [2.24, 2.45) is 11.5 Å². The van der Waals surface area contributed by atoms with E-state index in [1.54, 1.807) is 24.3 Å². The summed E-state index contributed by atoms with van der Waals surface area (Å²) < 4.78 is 0. The lowest BCUT2D eigenvalue weighted by Crippen LogP contribution is -2.22. The highest BCUT2D eigenvalue weighted by Crippen LogP contribution is 2.25. The van der Waals surface area contributed by atoms with Crippen LogP contribution in [-0.2, 0) is 17.8 Å². The van der Waals surface area contributed by atoms with Gasteiger partial charge in [-0.25, -0.2) is 0 Å². The lowest BCUT2D eigenvalue weighted by molar-refractivity contribution is -0.119. The van der Waals surface area contributed by atoms with Crippen molar-refractivity contribution in [3.8, 4) is 16.9 Å². The highest BCUT2D eigenvalue weighted by atomic mass is 16.3. The van der Waals surface area contributed by atoms with Crippen molar-refractivity contribution >= 4 is 5.91 Å². The molecule has 138 valence electrons. The first-order chi connectivity index (χ1) is 13.1. The molecule has 0 aliphatic carbocycles. The number of hydrogen-bond acceptors (Lipinski definition) is 3. The maximum absolute atomic E-state index is 11.8. The van der Waals surface area contributed by atoms with Crippen molar-refractivity contribution in [2.75, 3.05) is 0 Å². The van der Waals surface area contributed by atoms with Gasteiger partial charge in [0.1, 0.15) is 5.75 Å². The molecule has 4 nitrogen and oxygen atoms in total. The Morgan fingerprint density at radius 1 is 0.815 bits per heavy atom. The number of carbonyl (C=O) groups is 1. The van der Waals surface area contributed by atoms with Crippen LogP contribution in [0.3, 0.4) is 0 Å². The Morgan fingerprint density at radius 2 is 1.33 bits per heavy atom. The van der Waals surface area contributed by atoms with Gasteiger partial charge in [0.15, 0.2) is 0 Å². The van der Waals surface area contributed by atoms with Gasteiger partial charge in [-0.15, -0.1) is 0 Å². The SMILES string of the molecule is NCc1ccc(-c2ccc(CCC(C(N)=O)c3ccc(O)cc3)cc2)cc1. The zero-order valence-corrected chi connectivity index (χ0v) is 15.1. The van der Waals surface area contributed by atoms with Crippen molar-refractivity contribution in [1.29, 1.82) is 0 Å². The van der Waals surface area contributed by atoms with Crippen LogP contribution in [0.25, 0.3) is 11.1 Å². The van der Waals surface area contributed by atoms with Gasteiger partial charge in [-0.1, -0.05) is 60.7 Å². The number of carbonyl (C=O) groups excluding carboxylic acids is 1. The lowest BCUT2D eigenvalue weighted by atomic mass is 9.91. The average molecular weight is 360 g/mol. The van der Waals surface area contributed by atoms with E-state index in [0.717, 1.165) is 34.2 Å². The molecule has 0 saturated carbocycles. The summed E-state index contributed by atoms with van der Waals surface area (Å²) in [6, 6.07) is 23.2. The molecule has 5 N–H and O–H groups in total. The van der Waals surface area contributed by atoms with E-state index in [9.17, 15) is 9.90 Å². The van der Waals surface area contributed by atoms with Gasteiger partial charge in [-0.2, -0.15) is 0 Å². The molecule has 3 rings (SSSR count). The number of aromatic hydroxyl groups is 1. The molecule has 0 saturated heterocycles. The van der Waals surface area contributed by atoms with Gasteiger partial charge in [0.2, 0.25) is 5.91 Å². The minimum absolute atomic E-state index is 0.178. The van der Waals surface area contributed by atoms with Gasteiger partial charge in [0.25, 0.3) is 0 Å². The van der Waals surface area contributed by atoms with Crippen LogP contribution in [0.2, 0.25) is 0 Å². The van der Waals surface area contributed by atoms with Gasteiger partial charge in [0.05, 0.1) is 5.92 Å². The van der Waals surface area contributed by atoms with Crippen LogP contribution in [0.5, 0.6) is 5.75 Å². The molecule has 4 heteroatoms. The van der Waals surface area contributed by atoms with Gasteiger partial charge < -0.3 is 16.6 Å². The number of rotatable bonds is 7. The first-order valence-corrected chi connectivity index (χ1v) is 9.03. The average Bonchev–Trinajstić information content (AvgIpc) is 2.70. The Kier molecular flexibility index (Phi) is 5.89. The standard InChI is InChI=1S/C23H24N2O2/c24-15-17-3-8-19(9-4-17)18-6-1-16(2-7-18)5-14-22(23(25)27)20-10-12-21(26)13-11-20/h1-4,6-13,22,26H,5,14-15,24H2,(H2,25,27). The molecule has 1 amide bonds. The fraction of sp³-hybridized carbons (Fsp3) is 0.174. The van der Waals surface area contributed by atoms with E-state index in [1.165, 1.54) is 0 Å². The molecule has 0 radical (unpaired) electrons. The van der Waals surface area contributed by atoms with Crippen molar-refractivity contribution in [2.45, 2.75) is 25.3 Å². The van der Waals surface area contributed by atoms with Crippen LogP contribution in [0.1, 0.15) is 29.0 Å². The zero-order chi connectivity index (χ0) is 19.2. The number of aryl methyl sites for hydroxylation is 1. The number of benzene rings is 3. The van der Waals surface area contributed by atoms with Gasteiger partial charge in [0, 0.05) is 6.54 Å². The molecule has 1 atom stereocenters. The van der Waals surface area contributed by atoms with E-state index in [4.69, 9.17) is 11.5 Å². The fourth-order valence-corrected chi connectivity index (χ4v) is 3.19. The van der Waals surface area contributed by atoms with E-state index >= 15 is 0 Å². The van der Waals surface area contributed by atoms with E-state index in [-0.39, 0.29) is 17.6 Å². The van der Waals surface area contributed by atoms with Crippen molar-refractivity contribution < 1.29 is 9.90 Å². The summed E-state index contributed by atoms with van der Waals surface area (Å²) in [6.07, 6.45) is 1.38. The fourth-order valence-electron chi connectivity index (χ4n) is 3.19. The highest BCUT2D eigenvalue weighted by Gasteiger charge is 2.17. The molecule has 0 bridgehead atoms. The third-order valence-electron chi connectivity index (χ3n) is 4.84. The number of phenols is 1. The summed E-state index contributed by atoms with van der Waals surface area (Å²) in [5.41, 5.74) is 16.6. The molecule has 0 spiro atoms. The van der Waals surface area contributed by atoms with Gasteiger partial charge >= 0.3 is 0 Å². The number of nitrogens with two attached hydrogens (primary N) is 2. The Labute approximate surface area is 159 Å². The molecule has 3 aromatic rings. The van der Waals surface area contributed by atoms with Crippen molar-refractivity contribution in [3.63, 3.8) is 0 Å². The molecule has 0 aromatic heterocycles. The van der Waals surface area contributed by atoms with Crippen LogP contribution in [0.4, 0.5) is 0 Å². The minimum atomic E-state index is -0.367. The molecule has 27 heavy (non-hydrogen) atoms. The Morgan fingerprint density at radius 3 is 1.81 bits per heavy atom. The molecule has 0 heterocycles. The molecule has 0 aliphatic rings. The number of primary amides is 1. The molecule has 0 aliphatic heterocycles. The minimum Gasteiger partial charge on any atom is -0.508 e. The van der Waals surface area contributed by atoms with Gasteiger partial charge in [-0.3, -0.25) is 4.79 Å². The second-order valence-electron chi connectivity index (χ2n) is 6.68. The zero-order valence-electron chi connectivity index (χ0n) is 15.1. The predicted molar refractivity (Wildman–Crippen MR) is 108 cm³/mol. The molecule has 0 fully saturated rings. The largest absolute Gasteiger partial charge is 0.508 e. The molecular weight excluding hydrogens is 336 g/mol. The number of phenolic OH excluding ortho intramolecular Hbond substituents is 1. The van der Waals surface area contributed by atoms with Gasteiger partial charge in [-0.05, 0) is 52.8 Å². The highest BCUT2D eigenvalue weighted by molar-refractivity contribution is 5.82. The third-order valence-corrected chi connectivity index (χ3v) is 4.84. The predicted octanol–water partition coefficient (Wildman–Crippen LogP) is 3.72. The Balaban J connectivity index is 1.67. The summed E-state index contributed by atoms with van der Waals surface area (Å²) in [5.74, 6) is -0.538. The maximum Gasteiger partial charge on any atom is 0.224 e. The normalized spacial score (nSPS) is 11.9. The molecule has 1 unspecified atom stereocenters. The van der Waals surface area contributed by atoms with Crippen LogP contribution in [-0.4, -0.2) is 11.0 Å².